The van der Waals surface area contributed by atoms with E-state index in [0.29, 0.717) is 31.4 Å². The van der Waals surface area contributed by atoms with Crippen LogP contribution in [-0.4, -0.2) is 28.3 Å². The highest BCUT2D eigenvalue weighted by molar-refractivity contribution is 5.97. The van der Waals surface area contributed by atoms with Crippen LogP contribution < -0.4 is 10.9 Å². The van der Waals surface area contributed by atoms with E-state index >= 15 is 0 Å². The van der Waals surface area contributed by atoms with Crippen molar-refractivity contribution >= 4 is 28.3 Å². The number of esters is 1. The third-order valence-corrected chi connectivity index (χ3v) is 8.94. The molecule has 4 aromatic rings. The first-order valence-corrected chi connectivity index (χ1v) is 16.0. The van der Waals surface area contributed by atoms with Gasteiger partial charge in [-0.15, -0.1) is 0 Å². The number of amides is 1. The molecule has 1 aromatic heterocycles. The third-order valence-electron chi connectivity index (χ3n) is 8.94. The lowest BCUT2D eigenvalue weighted by Crippen LogP contribution is -2.27. The number of hydrogen-bond acceptors (Lipinski definition) is 5. The Morgan fingerprint density at radius 1 is 0.977 bits per heavy atom. The predicted molar refractivity (Wildman–Crippen MR) is 175 cm³/mol. The van der Waals surface area contributed by atoms with E-state index in [2.05, 4.69) is 17.3 Å². The number of rotatable bonds is 12. The normalized spacial score (nSPS) is 14.1. The van der Waals surface area contributed by atoms with Gasteiger partial charge in [-0.1, -0.05) is 80.8 Å². The molecule has 1 aliphatic rings. The second-order valence-electron chi connectivity index (χ2n) is 12.0. The molecule has 5 rings (SSSR count). The van der Waals surface area contributed by atoms with Crippen LogP contribution in [0.25, 0.3) is 10.8 Å². The maximum atomic E-state index is 13.9. The molecule has 1 unspecified atom stereocenters. The van der Waals surface area contributed by atoms with Gasteiger partial charge in [-0.2, -0.15) is 5.10 Å². The molecule has 7 heteroatoms. The van der Waals surface area contributed by atoms with Gasteiger partial charge in [-0.05, 0) is 79.8 Å². The van der Waals surface area contributed by atoms with Crippen molar-refractivity contribution in [1.29, 1.82) is 0 Å². The van der Waals surface area contributed by atoms with Crippen molar-refractivity contribution in [3.63, 3.8) is 0 Å². The summed E-state index contributed by atoms with van der Waals surface area (Å²) >= 11 is 0. The first-order valence-electron chi connectivity index (χ1n) is 16.0. The van der Waals surface area contributed by atoms with Gasteiger partial charge in [0.1, 0.15) is 0 Å². The van der Waals surface area contributed by atoms with Crippen LogP contribution in [0.1, 0.15) is 85.7 Å². The second kappa shape index (κ2) is 14.5. The van der Waals surface area contributed by atoms with E-state index in [9.17, 15) is 14.4 Å². The van der Waals surface area contributed by atoms with Gasteiger partial charge in [0.2, 0.25) is 5.91 Å². The average Bonchev–Trinajstić information content (AvgIpc) is 3.56. The zero-order valence-corrected chi connectivity index (χ0v) is 26.1. The molecular formula is C37H43N3O4. The van der Waals surface area contributed by atoms with Crippen LogP contribution >= 0.6 is 0 Å². The van der Waals surface area contributed by atoms with E-state index in [1.54, 1.807) is 0 Å². The monoisotopic (exact) mass is 593 g/mol. The molecular weight excluding hydrogens is 550 g/mol. The van der Waals surface area contributed by atoms with E-state index in [4.69, 9.17) is 4.74 Å². The first-order chi connectivity index (χ1) is 21.4. The van der Waals surface area contributed by atoms with Crippen LogP contribution in [0.15, 0.2) is 71.5 Å². The number of aromatic nitrogens is 2. The molecule has 230 valence electrons. The minimum atomic E-state index is -0.271. The fraction of sp³-hybridized carbons (Fsp3) is 0.405. The Morgan fingerprint density at radius 3 is 2.43 bits per heavy atom. The number of ether oxygens (including phenoxy) is 1. The Balaban J connectivity index is 1.31. The second-order valence-corrected chi connectivity index (χ2v) is 12.0. The van der Waals surface area contributed by atoms with Crippen LogP contribution in [-0.2, 0) is 27.3 Å². The van der Waals surface area contributed by atoms with Crippen LogP contribution in [0.3, 0.4) is 0 Å². The molecule has 3 aromatic carbocycles. The molecule has 1 atom stereocenters. The fourth-order valence-corrected chi connectivity index (χ4v) is 6.38. The Morgan fingerprint density at radius 2 is 1.70 bits per heavy atom. The first kappa shape index (κ1) is 31.2. The fourth-order valence-electron chi connectivity index (χ4n) is 6.38. The summed E-state index contributed by atoms with van der Waals surface area (Å²) in [6, 6.07) is 21.5. The molecule has 0 spiro atoms. The summed E-state index contributed by atoms with van der Waals surface area (Å²) in [5.74, 6) is -0.193. The van der Waals surface area contributed by atoms with Gasteiger partial charge in [0, 0.05) is 17.5 Å². The smallest absolute Gasteiger partial charge is 0.306 e. The maximum Gasteiger partial charge on any atom is 0.306 e. The maximum absolute atomic E-state index is 13.9. The van der Waals surface area contributed by atoms with Crippen LogP contribution in [0.2, 0.25) is 0 Å². The number of nitrogens with one attached hydrogen (secondary N) is 1. The number of fused-ring (bicyclic) bond motifs is 1. The number of unbranched alkanes of at least 4 members (excludes halogenated alkanes) is 1. The van der Waals surface area contributed by atoms with E-state index < -0.39 is 0 Å². The van der Waals surface area contributed by atoms with Crippen molar-refractivity contribution < 1.29 is 14.3 Å². The molecule has 0 bridgehead atoms. The minimum absolute atomic E-state index is 0.00749. The number of carbonyl (C=O) groups is 2. The lowest BCUT2D eigenvalue weighted by molar-refractivity contribution is -0.143. The van der Waals surface area contributed by atoms with E-state index in [1.165, 1.54) is 4.68 Å². The molecule has 1 heterocycles. The molecule has 1 aliphatic carbocycles. The summed E-state index contributed by atoms with van der Waals surface area (Å²) in [5.41, 5.74) is 5.45. The van der Waals surface area contributed by atoms with Crippen LogP contribution in [0.4, 0.5) is 5.69 Å². The van der Waals surface area contributed by atoms with Crippen molar-refractivity contribution in [1.82, 2.24) is 9.78 Å². The van der Waals surface area contributed by atoms with Gasteiger partial charge >= 0.3 is 5.97 Å². The third kappa shape index (κ3) is 7.26. The predicted octanol–water partition coefficient (Wildman–Crippen LogP) is 7.25. The molecule has 1 N–H and O–H groups in total. The Bertz CT molecular complexity index is 1670. The molecule has 44 heavy (non-hydrogen) atoms. The highest BCUT2D eigenvalue weighted by Gasteiger charge is 2.32. The van der Waals surface area contributed by atoms with Crippen molar-refractivity contribution in [2.24, 2.45) is 5.92 Å². The topological polar surface area (TPSA) is 90.3 Å². The Kier molecular flexibility index (Phi) is 10.3. The van der Waals surface area contributed by atoms with Crippen molar-refractivity contribution in [2.75, 3.05) is 11.9 Å². The summed E-state index contributed by atoms with van der Waals surface area (Å²) in [4.78, 5) is 39.2. The molecule has 1 amide bonds. The van der Waals surface area contributed by atoms with Gasteiger partial charge in [0.05, 0.1) is 30.1 Å². The largest absolute Gasteiger partial charge is 0.466 e. The highest BCUT2D eigenvalue weighted by Crippen LogP contribution is 2.38. The van der Waals surface area contributed by atoms with Gasteiger partial charge < -0.3 is 10.1 Å². The van der Waals surface area contributed by atoms with Gasteiger partial charge in [-0.25, -0.2) is 4.68 Å². The number of benzene rings is 3. The molecule has 1 fully saturated rings. The highest BCUT2D eigenvalue weighted by atomic mass is 16.5. The van der Waals surface area contributed by atoms with Gasteiger partial charge in [0.25, 0.3) is 5.56 Å². The van der Waals surface area contributed by atoms with Crippen LogP contribution in [0.5, 0.6) is 0 Å². The molecule has 0 saturated heterocycles. The van der Waals surface area contributed by atoms with E-state index in [1.807, 2.05) is 80.6 Å². The average molecular weight is 594 g/mol. The molecule has 0 aliphatic heterocycles. The summed E-state index contributed by atoms with van der Waals surface area (Å²) in [6.07, 6.45) is 7.06. The lowest BCUT2D eigenvalue weighted by atomic mass is 9.83. The minimum Gasteiger partial charge on any atom is -0.466 e. The van der Waals surface area contributed by atoms with Gasteiger partial charge in [-0.3, -0.25) is 14.4 Å². The number of aryl methyl sites for hydroxylation is 2. The molecule has 1 saturated carbocycles. The number of hydrogen-bond donors (Lipinski definition) is 1. The summed E-state index contributed by atoms with van der Waals surface area (Å²) < 4.78 is 6.84. The number of nitrogens with zero attached hydrogens (tertiary/aromatic N) is 2. The lowest BCUT2D eigenvalue weighted by Gasteiger charge is -2.24. The number of anilines is 1. The molecule has 7 nitrogen and oxygen atoms in total. The Hall–Kier alpha value is -4.26. The Labute approximate surface area is 259 Å². The standard InChI is InChI=1S/C37H43N3O4/c1-4-5-23-44-34(41)22-21-28-13-10-16-33(25(28)2)38-36(42)35(29-11-6-7-12-29)30-19-17-27(18-20-30)24-40-37(43)32-15-9-8-14-31(32)26(3)39-40/h8-10,13-20,29,35H,4-7,11-12,21-24H2,1-3H3,(H,38,42). The zero-order valence-electron chi connectivity index (χ0n) is 26.1. The van der Waals surface area contributed by atoms with Gasteiger partial charge in [0.15, 0.2) is 0 Å². The van der Waals surface area contributed by atoms with E-state index in [0.717, 1.165) is 77.5 Å². The number of carbonyl (C=O) groups excluding carboxylic acids is 2. The molecule has 0 radical (unpaired) electrons. The zero-order chi connectivity index (χ0) is 31.1. The van der Waals surface area contributed by atoms with Crippen molar-refractivity contribution in [3.8, 4) is 0 Å². The quantitative estimate of drug-likeness (QED) is 0.138. The SMILES string of the molecule is CCCCOC(=O)CCc1cccc(NC(=O)C(c2ccc(Cn3nc(C)c4ccccc4c3=O)cc2)C2CCCC2)c1C. The van der Waals surface area contributed by atoms with Crippen molar-refractivity contribution in [2.45, 2.75) is 84.6 Å². The summed E-state index contributed by atoms with van der Waals surface area (Å²) in [7, 11) is 0. The van der Waals surface area contributed by atoms with Crippen molar-refractivity contribution in [3.05, 3.63) is 105 Å². The van der Waals surface area contributed by atoms with E-state index in [-0.39, 0.29) is 29.3 Å². The van der Waals surface area contributed by atoms with Crippen LogP contribution in [0, 0.1) is 19.8 Å². The summed E-state index contributed by atoms with van der Waals surface area (Å²) in [6.45, 7) is 6.82. The summed E-state index contributed by atoms with van der Waals surface area (Å²) in [5, 5.41) is 9.33.